The van der Waals surface area contributed by atoms with E-state index < -0.39 is 0 Å². The number of aromatic nitrogens is 3. The third kappa shape index (κ3) is 5.34. The standard InChI is InChI=1S/C15H21ClN4O2.ClH/c1-15(2,3)9-12(21)19-14-17-10-5-6-11(16)18-13(10)20(14)7-8-22-4;/h5-6H,7-9H2,1-4H3,(H,17,19,21);1H. The predicted octanol–water partition coefficient (Wildman–Crippen LogP) is 3.53. The molecule has 6 nitrogen and oxygen atoms in total. The van der Waals surface area contributed by atoms with Crippen LogP contribution in [-0.2, 0) is 16.1 Å². The fourth-order valence-corrected chi connectivity index (χ4v) is 2.26. The third-order valence-electron chi connectivity index (χ3n) is 3.02. The van der Waals surface area contributed by atoms with Gasteiger partial charge >= 0.3 is 0 Å². The van der Waals surface area contributed by atoms with Gasteiger partial charge in [-0.25, -0.2) is 9.97 Å². The Morgan fingerprint density at radius 2 is 2.04 bits per heavy atom. The lowest BCUT2D eigenvalue weighted by atomic mass is 9.92. The molecule has 0 bridgehead atoms. The molecular formula is C15H22Cl2N4O2. The first-order chi connectivity index (χ1) is 10.3. The number of fused-ring (bicyclic) bond motifs is 1. The highest BCUT2D eigenvalue weighted by Gasteiger charge is 2.19. The normalized spacial score (nSPS) is 11.3. The maximum Gasteiger partial charge on any atom is 0.227 e. The summed E-state index contributed by atoms with van der Waals surface area (Å²) in [7, 11) is 1.62. The fourth-order valence-electron chi connectivity index (χ4n) is 2.12. The van der Waals surface area contributed by atoms with Gasteiger partial charge in [0.1, 0.15) is 10.7 Å². The lowest BCUT2D eigenvalue weighted by Crippen LogP contribution is -2.22. The summed E-state index contributed by atoms with van der Waals surface area (Å²) in [6.07, 6.45) is 0.411. The molecule has 0 atom stereocenters. The summed E-state index contributed by atoms with van der Waals surface area (Å²) in [5.74, 6) is 0.392. The summed E-state index contributed by atoms with van der Waals surface area (Å²) >= 11 is 5.96. The second kappa shape index (κ2) is 7.95. The molecule has 0 aliphatic carbocycles. The van der Waals surface area contributed by atoms with Crippen molar-refractivity contribution in [2.75, 3.05) is 19.0 Å². The van der Waals surface area contributed by atoms with Gasteiger partial charge in [-0.3, -0.25) is 14.7 Å². The number of carbonyl (C=O) groups is 1. The van der Waals surface area contributed by atoms with Crippen LogP contribution >= 0.6 is 24.0 Å². The van der Waals surface area contributed by atoms with E-state index in [4.69, 9.17) is 16.3 Å². The quantitative estimate of drug-likeness (QED) is 0.828. The van der Waals surface area contributed by atoms with Gasteiger partial charge in [0.05, 0.1) is 13.2 Å². The Labute approximate surface area is 147 Å². The summed E-state index contributed by atoms with van der Waals surface area (Å²) in [5.41, 5.74) is 1.23. The highest BCUT2D eigenvalue weighted by Crippen LogP contribution is 2.22. The number of pyridine rings is 1. The molecule has 8 heteroatoms. The van der Waals surface area contributed by atoms with E-state index in [1.807, 2.05) is 25.3 Å². The van der Waals surface area contributed by atoms with Crippen LogP contribution in [0.2, 0.25) is 5.15 Å². The van der Waals surface area contributed by atoms with E-state index in [1.165, 1.54) is 0 Å². The van der Waals surface area contributed by atoms with E-state index in [0.29, 0.717) is 41.8 Å². The Morgan fingerprint density at radius 3 is 2.65 bits per heavy atom. The van der Waals surface area contributed by atoms with Crippen molar-refractivity contribution in [2.45, 2.75) is 33.7 Å². The molecule has 1 amide bonds. The first-order valence-corrected chi connectivity index (χ1v) is 7.49. The van der Waals surface area contributed by atoms with Crippen molar-refractivity contribution in [3.63, 3.8) is 0 Å². The Bertz CT molecular complexity index is 680. The second-order valence-corrected chi connectivity index (χ2v) is 6.73. The number of nitrogens with one attached hydrogen (secondary N) is 1. The van der Waals surface area contributed by atoms with Crippen LogP contribution in [0.15, 0.2) is 12.1 Å². The van der Waals surface area contributed by atoms with Crippen molar-refractivity contribution in [3.8, 4) is 0 Å². The molecule has 0 saturated carbocycles. The molecule has 128 valence electrons. The first-order valence-electron chi connectivity index (χ1n) is 7.12. The number of amides is 1. The second-order valence-electron chi connectivity index (χ2n) is 6.34. The number of imidazole rings is 1. The van der Waals surface area contributed by atoms with Crippen LogP contribution in [0.1, 0.15) is 27.2 Å². The average Bonchev–Trinajstić information content (AvgIpc) is 2.71. The zero-order valence-electron chi connectivity index (χ0n) is 13.7. The molecule has 0 fully saturated rings. The van der Waals surface area contributed by atoms with Crippen molar-refractivity contribution >= 4 is 47.0 Å². The molecule has 23 heavy (non-hydrogen) atoms. The van der Waals surface area contributed by atoms with E-state index in [2.05, 4.69) is 15.3 Å². The molecule has 2 heterocycles. The zero-order valence-corrected chi connectivity index (χ0v) is 15.3. The van der Waals surface area contributed by atoms with Crippen LogP contribution in [0.25, 0.3) is 11.2 Å². The SMILES string of the molecule is COCCn1c(NC(=O)CC(C)(C)C)nc2ccc(Cl)nc21.Cl. The molecule has 0 saturated heterocycles. The first kappa shape index (κ1) is 19.7. The van der Waals surface area contributed by atoms with Crippen molar-refractivity contribution in [1.29, 1.82) is 0 Å². The van der Waals surface area contributed by atoms with Crippen LogP contribution in [0, 0.1) is 5.41 Å². The van der Waals surface area contributed by atoms with Crippen LogP contribution in [-0.4, -0.2) is 34.2 Å². The summed E-state index contributed by atoms with van der Waals surface area (Å²) in [4.78, 5) is 20.9. The highest BCUT2D eigenvalue weighted by molar-refractivity contribution is 6.29. The molecule has 0 radical (unpaired) electrons. The van der Waals surface area contributed by atoms with Gasteiger partial charge in [-0.2, -0.15) is 0 Å². The lowest BCUT2D eigenvalue weighted by Gasteiger charge is -2.17. The van der Waals surface area contributed by atoms with Gasteiger partial charge in [-0.15, -0.1) is 12.4 Å². The molecule has 0 unspecified atom stereocenters. The van der Waals surface area contributed by atoms with Gasteiger partial charge in [0, 0.05) is 13.5 Å². The largest absolute Gasteiger partial charge is 0.383 e. The van der Waals surface area contributed by atoms with E-state index in [9.17, 15) is 4.79 Å². The van der Waals surface area contributed by atoms with Gasteiger partial charge in [0.15, 0.2) is 5.65 Å². The number of halogens is 2. The average molecular weight is 361 g/mol. The molecule has 1 N–H and O–H groups in total. The van der Waals surface area contributed by atoms with Crippen LogP contribution in [0.4, 0.5) is 5.95 Å². The summed E-state index contributed by atoms with van der Waals surface area (Å²) in [6, 6.07) is 3.46. The van der Waals surface area contributed by atoms with E-state index in [1.54, 1.807) is 19.2 Å². The molecule has 0 aliphatic rings. The van der Waals surface area contributed by atoms with E-state index >= 15 is 0 Å². The number of rotatable bonds is 5. The zero-order chi connectivity index (χ0) is 16.3. The Kier molecular flexibility index (Phi) is 6.80. The molecule has 0 spiro atoms. The minimum absolute atomic E-state index is 0. The number of ether oxygens (including phenoxy) is 1. The van der Waals surface area contributed by atoms with Crippen LogP contribution < -0.4 is 5.32 Å². The third-order valence-corrected chi connectivity index (χ3v) is 3.23. The van der Waals surface area contributed by atoms with E-state index in [0.717, 1.165) is 0 Å². The molecule has 0 aromatic carbocycles. The number of nitrogens with zero attached hydrogens (tertiary/aromatic N) is 3. The minimum Gasteiger partial charge on any atom is -0.383 e. The summed E-state index contributed by atoms with van der Waals surface area (Å²) < 4.78 is 6.92. The summed E-state index contributed by atoms with van der Waals surface area (Å²) in [6.45, 7) is 7.07. The van der Waals surface area contributed by atoms with Crippen molar-refractivity contribution < 1.29 is 9.53 Å². The molecule has 2 aromatic heterocycles. The number of hydrogen-bond donors (Lipinski definition) is 1. The van der Waals surface area contributed by atoms with Crippen molar-refractivity contribution in [3.05, 3.63) is 17.3 Å². The van der Waals surface area contributed by atoms with Gasteiger partial charge in [0.2, 0.25) is 11.9 Å². The lowest BCUT2D eigenvalue weighted by molar-refractivity contribution is -0.117. The van der Waals surface area contributed by atoms with Gasteiger partial charge < -0.3 is 4.74 Å². The molecule has 0 aliphatic heterocycles. The predicted molar refractivity (Wildman–Crippen MR) is 94.4 cm³/mol. The highest BCUT2D eigenvalue weighted by atomic mass is 35.5. The van der Waals surface area contributed by atoms with Crippen molar-refractivity contribution in [1.82, 2.24) is 14.5 Å². The molecular weight excluding hydrogens is 339 g/mol. The molecule has 2 aromatic rings. The number of carbonyl (C=O) groups excluding carboxylic acids is 1. The van der Waals surface area contributed by atoms with E-state index in [-0.39, 0.29) is 23.7 Å². The minimum atomic E-state index is -0.0883. The van der Waals surface area contributed by atoms with Crippen LogP contribution in [0.5, 0.6) is 0 Å². The maximum absolute atomic E-state index is 12.2. The van der Waals surface area contributed by atoms with Gasteiger partial charge in [0.25, 0.3) is 0 Å². The maximum atomic E-state index is 12.2. The number of methoxy groups -OCH3 is 1. The fraction of sp³-hybridized carbons (Fsp3) is 0.533. The van der Waals surface area contributed by atoms with Gasteiger partial charge in [-0.1, -0.05) is 32.4 Å². The van der Waals surface area contributed by atoms with Crippen LogP contribution in [0.3, 0.4) is 0 Å². The number of anilines is 1. The molecule has 2 rings (SSSR count). The monoisotopic (exact) mass is 360 g/mol. The topological polar surface area (TPSA) is 69.0 Å². The Balaban J connectivity index is 0.00000264. The van der Waals surface area contributed by atoms with Gasteiger partial charge in [-0.05, 0) is 17.5 Å². The summed E-state index contributed by atoms with van der Waals surface area (Å²) in [5, 5.41) is 3.25. The smallest absolute Gasteiger partial charge is 0.227 e. The Hall–Kier alpha value is -1.37. The number of hydrogen-bond acceptors (Lipinski definition) is 4. The Morgan fingerprint density at radius 1 is 1.35 bits per heavy atom. The van der Waals surface area contributed by atoms with Crippen molar-refractivity contribution in [2.24, 2.45) is 5.41 Å².